The molecule has 13 heteroatoms. The molecule has 2 fully saturated rings. The number of aliphatic imine (C=N–C) groups is 1. The minimum absolute atomic E-state index is 0.0992. The van der Waals surface area contributed by atoms with Crippen molar-refractivity contribution in [2.24, 2.45) is 16.8 Å². The van der Waals surface area contributed by atoms with Crippen molar-refractivity contribution in [3.05, 3.63) is 58.9 Å². The van der Waals surface area contributed by atoms with Crippen LogP contribution in [0.2, 0.25) is 0 Å². The van der Waals surface area contributed by atoms with Crippen LogP contribution in [0.25, 0.3) is 11.0 Å². The van der Waals surface area contributed by atoms with Gasteiger partial charge in [-0.2, -0.15) is 0 Å². The molecular weight excluding hydrogens is 686 g/mol. The number of imidazole rings is 1. The molecule has 3 aliphatic heterocycles. The van der Waals surface area contributed by atoms with Gasteiger partial charge in [0.25, 0.3) is 0 Å². The van der Waals surface area contributed by atoms with E-state index in [0.29, 0.717) is 25.3 Å². The van der Waals surface area contributed by atoms with E-state index in [9.17, 15) is 19.2 Å². The molecule has 6 rings (SSSR count). The van der Waals surface area contributed by atoms with Gasteiger partial charge in [0.1, 0.15) is 17.9 Å². The molecule has 286 valence electrons. The van der Waals surface area contributed by atoms with Crippen LogP contribution in [-0.2, 0) is 25.5 Å². The summed E-state index contributed by atoms with van der Waals surface area (Å²) in [6, 6.07) is 10.2. The van der Waals surface area contributed by atoms with E-state index < -0.39 is 24.3 Å². The summed E-state index contributed by atoms with van der Waals surface area (Å²) in [5.74, 6) is 6.84. The largest absolute Gasteiger partial charge is 0.453 e. The van der Waals surface area contributed by atoms with Crippen LogP contribution >= 0.6 is 0 Å². The summed E-state index contributed by atoms with van der Waals surface area (Å²) in [6.45, 7) is 8.84. The van der Waals surface area contributed by atoms with Crippen molar-refractivity contribution in [2.45, 2.75) is 96.8 Å². The fraction of sp³-hybridized carbons (Fsp3) is 0.512. The van der Waals surface area contributed by atoms with E-state index in [2.05, 4.69) is 33.5 Å². The summed E-state index contributed by atoms with van der Waals surface area (Å²) in [5, 5.41) is 5.44. The fourth-order valence-corrected chi connectivity index (χ4v) is 7.66. The third-order valence-corrected chi connectivity index (χ3v) is 10.6. The van der Waals surface area contributed by atoms with Crippen LogP contribution in [-0.4, -0.2) is 94.9 Å². The molecule has 2 saturated heterocycles. The number of amides is 4. The smallest absolute Gasteiger partial charge is 0.407 e. The summed E-state index contributed by atoms with van der Waals surface area (Å²) in [5.41, 5.74) is 6.20. The molecule has 0 spiro atoms. The van der Waals surface area contributed by atoms with Gasteiger partial charge in [0.15, 0.2) is 0 Å². The van der Waals surface area contributed by atoms with Gasteiger partial charge < -0.3 is 34.9 Å². The normalized spacial score (nSPS) is 19.4. The number of ether oxygens (including phenoxy) is 2. The zero-order valence-electron chi connectivity index (χ0n) is 32.0. The summed E-state index contributed by atoms with van der Waals surface area (Å²) < 4.78 is 9.57. The number of nitrogens with one attached hydrogen (secondary N) is 3. The highest BCUT2D eigenvalue weighted by atomic mass is 16.5. The number of aromatic nitrogens is 2. The van der Waals surface area contributed by atoms with E-state index in [-0.39, 0.29) is 35.7 Å². The van der Waals surface area contributed by atoms with Crippen LogP contribution in [0.3, 0.4) is 0 Å². The molecule has 0 radical (unpaired) electrons. The van der Waals surface area contributed by atoms with Gasteiger partial charge in [0.2, 0.25) is 11.8 Å². The first-order valence-electron chi connectivity index (χ1n) is 19.0. The van der Waals surface area contributed by atoms with Gasteiger partial charge in [-0.1, -0.05) is 45.6 Å². The number of H-pyrrole nitrogens is 1. The van der Waals surface area contributed by atoms with Crippen LogP contribution in [0.4, 0.5) is 15.3 Å². The maximum atomic E-state index is 13.7. The highest BCUT2D eigenvalue weighted by Crippen LogP contribution is 2.34. The Morgan fingerprint density at radius 3 is 1.93 bits per heavy atom. The number of fused-ring (bicyclic) bond motifs is 2. The number of nitrogens with zero attached hydrogens (tertiary/aromatic N) is 4. The van der Waals surface area contributed by atoms with Gasteiger partial charge in [-0.3, -0.25) is 14.6 Å². The van der Waals surface area contributed by atoms with Crippen molar-refractivity contribution in [2.75, 3.05) is 27.3 Å². The van der Waals surface area contributed by atoms with Crippen LogP contribution in [0.1, 0.15) is 94.8 Å². The average molecular weight is 738 g/mol. The quantitative estimate of drug-likeness (QED) is 0.247. The molecule has 2 aromatic carbocycles. The predicted molar refractivity (Wildman–Crippen MR) is 205 cm³/mol. The molecule has 0 saturated carbocycles. The molecule has 54 heavy (non-hydrogen) atoms. The molecule has 4 atom stereocenters. The Morgan fingerprint density at radius 2 is 1.33 bits per heavy atom. The minimum Gasteiger partial charge on any atom is -0.453 e. The Balaban J connectivity index is 1.18. The number of hydrogen-bond donors (Lipinski definition) is 3. The molecule has 3 aromatic rings. The summed E-state index contributed by atoms with van der Waals surface area (Å²) in [7, 11) is 2.59. The maximum absolute atomic E-state index is 13.7. The second-order valence-electron chi connectivity index (χ2n) is 15.0. The van der Waals surface area contributed by atoms with Crippen LogP contribution < -0.4 is 10.6 Å². The van der Waals surface area contributed by atoms with Gasteiger partial charge in [0.05, 0.1) is 43.0 Å². The number of benzene rings is 2. The number of carbonyl (C=O) groups excluding carboxylic acids is 4. The van der Waals surface area contributed by atoms with E-state index in [1.165, 1.54) is 14.2 Å². The predicted octanol–water partition coefficient (Wildman–Crippen LogP) is 5.79. The van der Waals surface area contributed by atoms with Crippen molar-refractivity contribution >= 4 is 46.4 Å². The fourth-order valence-electron chi connectivity index (χ4n) is 7.66. The Bertz CT molecular complexity index is 1990. The number of hydrogen-bond acceptors (Lipinski definition) is 8. The lowest BCUT2D eigenvalue weighted by Gasteiger charge is -2.38. The molecule has 3 aliphatic rings. The Kier molecular flexibility index (Phi) is 11.9. The number of carbonyl (C=O) groups is 4. The first-order chi connectivity index (χ1) is 26.0. The molecule has 4 heterocycles. The maximum Gasteiger partial charge on any atom is 0.407 e. The molecule has 4 amide bonds. The third-order valence-electron chi connectivity index (χ3n) is 10.6. The van der Waals surface area contributed by atoms with Gasteiger partial charge in [-0.05, 0) is 86.3 Å². The number of likely N-dealkylation sites (tertiary alicyclic amines) is 2. The number of alkyl carbamates (subject to hydrolysis) is 2. The van der Waals surface area contributed by atoms with E-state index >= 15 is 0 Å². The monoisotopic (exact) mass is 737 g/mol. The number of aromatic amines is 1. The zero-order valence-corrected chi connectivity index (χ0v) is 32.0. The molecule has 13 nitrogen and oxygen atoms in total. The Hall–Kier alpha value is -5.38. The first kappa shape index (κ1) is 38.3. The lowest BCUT2D eigenvalue weighted by Crippen LogP contribution is -2.57. The topological polar surface area (TPSA) is 158 Å². The van der Waals surface area contributed by atoms with Crippen LogP contribution in [0.5, 0.6) is 0 Å². The number of methoxy groups -OCH3 is 2. The summed E-state index contributed by atoms with van der Waals surface area (Å²) in [6.07, 6.45) is 4.78. The van der Waals surface area contributed by atoms with E-state index in [4.69, 9.17) is 19.5 Å². The molecule has 0 unspecified atom stereocenters. The summed E-state index contributed by atoms with van der Waals surface area (Å²) >= 11 is 0. The van der Waals surface area contributed by atoms with Crippen molar-refractivity contribution in [1.82, 2.24) is 30.4 Å². The van der Waals surface area contributed by atoms with Crippen LogP contribution in [0.15, 0.2) is 41.4 Å². The van der Waals surface area contributed by atoms with E-state index in [0.717, 1.165) is 77.6 Å². The first-order valence-corrected chi connectivity index (χ1v) is 19.0. The third kappa shape index (κ3) is 8.38. The van der Waals surface area contributed by atoms with Gasteiger partial charge in [-0.25, -0.2) is 14.6 Å². The average Bonchev–Trinajstić information content (AvgIpc) is 3.81. The van der Waals surface area contributed by atoms with Crippen molar-refractivity contribution in [1.29, 1.82) is 0 Å². The SMILES string of the molecule is COC(=O)N[C@H](C(=O)N1CCCC[C@H]1C1=Nc2cc(C#Cc3ccc4nc([C@@H]5CCCCN5C(=O)[C@@H](NC(=O)OC)C(C)C)[nH]c4c3)ccc2C1)C(C)C. The lowest BCUT2D eigenvalue weighted by molar-refractivity contribution is -0.138. The second kappa shape index (κ2) is 16.7. The lowest BCUT2D eigenvalue weighted by atomic mass is 9.93. The minimum atomic E-state index is -0.703. The highest BCUT2D eigenvalue weighted by molar-refractivity contribution is 6.01. The standard InChI is InChI=1S/C41H51N7O6/c1-24(2)35(45-40(51)53-5)38(49)47-19-9-7-11-33(47)32-23-28-17-15-26(21-30(28)42-32)13-14-27-16-18-29-31(22-27)44-37(43-29)34-12-8-10-20-48(34)39(50)36(25(3)4)46-41(52)54-6/h15-18,21-22,24-25,33-36H,7-12,19-20,23H2,1-6H3,(H,43,44)(H,45,51)(H,46,52)/t33-,34-,35-,36-/m0/s1. The molecule has 1 aromatic heterocycles. The van der Waals surface area contributed by atoms with Crippen molar-refractivity contribution in [3.8, 4) is 11.8 Å². The van der Waals surface area contributed by atoms with Gasteiger partial charge >= 0.3 is 12.2 Å². The molecule has 0 aliphatic carbocycles. The van der Waals surface area contributed by atoms with Gasteiger partial charge in [-0.15, -0.1) is 0 Å². The number of piperidine rings is 2. The van der Waals surface area contributed by atoms with E-state index in [1.807, 2.05) is 67.8 Å². The summed E-state index contributed by atoms with van der Waals surface area (Å²) in [4.78, 5) is 68.6. The highest BCUT2D eigenvalue weighted by Gasteiger charge is 2.38. The zero-order chi connectivity index (χ0) is 38.5. The van der Waals surface area contributed by atoms with Crippen LogP contribution in [0, 0.1) is 23.7 Å². The second-order valence-corrected chi connectivity index (χ2v) is 15.0. The van der Waals surface area contributed by atoms with E-state index in [1.54, 1.807) is 0 Å². The molecule has 0 bridgehead atoms. The van der Waals surface area contributed by atoms with Gasteiger partial charge in [0, 0.05) is 36.3 Å². The van der Waals surface area contributed by atoms with Crippen molar-refractivity contribution in [3.63, 3.8) is 0 Å². The number of rotatable bonds is 8. The Morgan fingerprint density at radius 1 is 0.778 bits per heavy atom. The van der Waals surface area contributed by atoms with Crippen molar-refractivity contribution < 1.29 is 28.7 Å². The molecule has 3 N–H and O–H groups in total. The Labute approximate surface area is 316 Å². The molecular formula is C41H51N7O6.